The Kier molecular flexibility index (Phi) is 9.53. The van der Waals surface area contributed by atoms with E-state index >= 15 is 0 Å². The molecule has 7 nitrogen and oxygen atoms in total. The largest absolute Gasteiger partial charge is 0.507 e. The van der Waals surface area contributed by atoms with Gasteiger partial charge in [-0.2, -0.15) is 0 Å². The van der Waals surface area contributed by atoms with Crippen molar-refractivity contribution in [2.75, 3.05) is 11.5 Å². The first-order valence-electron chi connectivity index (χ1n) is 13.2. The van der Waals surface area contributed by atoms with Crippen molar-refractivity contribution in [2.24, 2.45) is 5.92 Å². The Balaban J connectivity index is 1.51. The van der Waals surface area contributed by atoms with E-state index in [1.54, 1.807) is 54.6 Å². The van der Waals surface area contributed by atoms with Crippen LogP contribution in [0.15, 0.2) is 82.7 Å². The first kappa shape index (κ1) is 30.1. The van der Waals surface area contributed by atoms with Crippen LogP contribution < -0.4 is 9.64 Å². The number of hydrogen-bond donors (Lipinski definition) is 1. The predicted molar refractivity (Wildman–Crippen MR) is 169 cm³/mol. The summed E-state index contributed by atoms with van der Waals surface area (Å²) in [4.78, 5) is 28.3. The van der Waals surface area contributed by atoms with Gasteiger partial charge in [-0.25, -0.2) is 0 Å². The molecule has 0 bridgehead atoms. The van der Waals surface area contributed by atoms with Gasteiger partial charge in [0, 0.05) is 21.4 Å². The molecule has 3 aromatic carbocycles. The maximum Gasteiger partial charge on any atom is 0.301 e. The van der Waals surface area contributed by atoms with Gasteiger partial charge in [-0.05, 0) is 47.7 Å². The standard InChI is InChI=1S/C31H27Cl2N3O4S2/c1-18(2)13-14-40-23-10-6-9-20(15-23)26-25(27(37)19-7-4-3-5-8-19)28(38)29(39)36(26)30-34-35-31(42-30)41-17-21-11-12-22(32)16-24(21)33/h3-12,15-16,18,26,37H,13-14,17H2,1-2H3. The number of benzene rings is 3. The predicted octanol–water partition coefficient (Wildman–Crippen LogP) is 8.19. The van der Waals surface area contributed by atoms with E-state index in [2.05, 4.69) is 24.0 Å². The molecular weight excluding hydrogens is 613 g/mol. The van der Waals surface area contributed by atoms with Crippen molar-refractivity contribution in [2.45, 2.75) is 36.4 Å². The lowest BCUT2D eigenvalue weighted by molar-refractivity contribution is -0.132. The minimum Gasteiger partial charge on any atom is -0.507 e. The summed E-state index contributed by atoms with van der Waals surface area (Å²) in [5, 5.41) is 21.2. The van der Waals surface area contributed by atoms with E-state index in [1.165, 1.54) is 28.0 Å². The molecule has 4 aromatic rings. The van der Waals surface area contributed by atoms with Crippen LogP contribution in [0, 0.1) is 5.92 Å². The lowest BCUT2D eigenvalue weighted by atomic mass is 9.95. The molecule has 0 saturated carbocycles. The van der Waals surface area contributed by atoms with Gasteiger partial charge in [0.1, 0.15) is 11.5 Å². The highest BCUT2D eigenvalue weighted by Gasteiger charge is 2.48. The van der Waals surface area contributed by atoms with E-state index in [1.807, 2.05) is 18.2 Å². The van der Waals surface area contributed by atoms with Crippen molar-refractivity contribution in [3.63, 3.8) is 0 Å². The van der Waals surface area contributed by atoms with Gasteiger partial charge >= 0.3 is 5.91 Å². The zero-order valence-electron chi connectivity index (χ0n) is 22.8. The zero-order chi connectivity index (χ0) is 29.8. The maximum absolute atomic E-state index is 13.5. The number of hydrogen-bond acceptors (Lipinski definition) is 8. The highest BCUT2D eigenvalue weighted by atomic mass is 35.5. The van der Waals surface area contributed by atoms with E-state index < -0.39 is 17.7 Å². The zero-order valence-corrected chi connectivity index (χ0v) is 25.9. The topological polar surface area (TPSA) is 92.6 Å². The number of rotatable bonds is 10. The maximum atomic E-state index is 13.5. The molecule has 1 N–H and O–H groups in total. The fraction of sp³-hybridized carbons (Fsp3) is 0.226. The Hall–Kier alpha value is -3.37. The molecule has 2 heterocycles. The molecule has 1 aliphatic heterocycles. The van der Waals surface area contributed by atoms with Gasteiger partial charge in [-0.15, -0.1) is 10.2 Å². The lowest BCUT2D eigenvalue weighted by Crippen LogP contribution is -2.29. The van der Waals surface area contributed by atoms with Crippen molar-refractivity contribution in [1.82, 2.24) is 10.2 Å². The minimum atomic E-state index is -0.935. The number of aromatic nitrogens is 2. The van der Waals surface area contributed by atoms with Crippen molar-refractivity contribution in [3.05, 3.63) is 105 Å². The molecule has 1 aliphatic rings. The number of aliphatic hydroxyl groups is 1. The average molecular weight is 641 g/mol. The Morgan fingerprint density at radius 2 is 1.83 bits per heavy atom. The van der Waals surface area contributed by atoms with Gasteiger partial charge in [-0.1, -0.05) is 109 Å². The van der Waals surface area contributed by atoms with Crippen molar-refractivity contribution >= 4 is 68.9 Å². The van der Waals surface area contributed by atoms with Gasteiger partial charge < -0.3 is 9.84 Å². The summed E-state index contributed by atoms with van der Waals surface area (Å²) in [6.45, 7) is 4.77. The third kappa shape index (κ3) is 6.65. The number of ether oxygens (including phenoxy) is 1. The number of aliphatic hydroxyl groups excluding tert-OH is 1. The van der Waals surface area contributed by atoms with E-state index in [0.717, 1.165) is 12.0 Å². The molecule has 0 aliphatic carbocycles. The van der Waals surface area contributed by atoms with Crippen LogP contribution in [-0.2, 0) is 15.3 Å². The van der Waals surface area contributed by atoms with Crippen LogP contribution >= 0.6 is 46.3 Å². The molecule has 1 aromatic heterocycles. The van der Waals surface area contributed by atoms with Gasteiger partial charge in [0.05, 0.1) is 18.2 Å². The van der Waals surface area contributed by atoms with E-state index in [4.69, 9.17) is 27.9 Å². The molecule has 1 fully saturated rings. The Morgan fingerprint density at radius 1 is 1.05 bits per heavy atom. The monoisotopic (exact) mass is 639 g/mol. The highest BCUT2D eigenvalue weighted by Crippen LogP contribution is 2.44. The molecule has 11 heteroatoms. The van der Waals surface area contributed by atoms with Gasteiger partial charge in [0.2, 0.25) is 5.13 Å². The summed E-state index contributed by atoms with van der Waals surface area (Å²) < 4.78 is 6.56. The smallest absolute Gasteiger partial charge is 0.301 e. The third-order valence-corrected chi connectivity index (χ3v) is 9.29. The number of halogens is 2. The number of nitrogens with zero attached hydrogens (tertiary/aromatic N) is 3. The van der Waals surface area contributed by atoms with Crippen LogP contribution in [0.25, 0.3) is 5.76 Å². The number of ketones is 1. The summed E-state index contributed by atoms with van der Waals surface area (Å²) >= 11 is 14.9. The van der Waals surface area contributed by atoms with Gasteiger partial charge in [-0.3, -0.25) is 14.5 Å². The fourth-order valence-corrected chi connectivity index (χ4v) is 6.85. The number of carbonyl (C=O) groups excluding carboxylic acids is 2. The molecule has 1 amide bonds. The quantitative estimate of drug-likeness (QED) is 0.0614. The Bertz CT molecular complexity index is 1640. The summed E-state index contributed by atoms with van der Waals surface area (Å²) in [5.41, 5.74) is 1.88. The van der Waals surface area contributed by atoms with Crippen molar-refractivity contribution < 1.29 is 19.4 Å². The molecule has 1 unspecified atom stereocenters. The van der Waals surface area contributed by atoms with E-state index in [9.17, 15) is 14.7 Å². The molecule has 1 saturated heterocycles. The number of carbonyl (C=O) groups is 2. The Labute approximate surface area is 262 Å². The normalized spacial score (nSPS) is 16.4. The minimum absolute atomic E-state index is 0.0251. The van der Waals surface area contributed by atoms with Crippen LogP contribution in [0.4, 0.5) is 5.13 Å². The average Bonchev–Trinajstić information content (AvgIpc) is 3.54. The SMILES string of the molecule is CC(C)CCOc1cccc(C2C(=C(O)c3ccccc3)C(=O)C(=O)N2c2nnc(SCc3ccc(Cl)cc3Cl)s2)c1. The molecule has 42 heavy (non-hydrogen) atoms. The summed E-state index contributed by atoms with van der Waals surface area (Å²) in [5.74, 6) is -0.263. The highest BCUT2D eigenvalue weighted by molar-refractivity contribution is 8.00. The first-order valence-corrected chi connectivity index (χ1v) is 15.8. The van der Waals surface area contributed by atoms with Crippen LogP contribution in [0.5, 0.6) is 5.75 Å². The van der Waals surface area contributed by atoms with Crippen molar-refractivity contribution in [1.29, 1.82) is 0 Å². The third-order valence-electron chi connectivity index (χ3n) is 6.60. The molecular formula is C31H27Cl2N3O4S2. The number of thioether (sulfide) groups is 1. The summed E-state index contributed by atoms with van der Waals surface area (Å²) in [6.07, 6.45) is 0.878. The molecule has 216 valence electrons. The van der Waals surface area contributed by atoms with Crippen LogP contribution in [-0.4, -0.2) is 33.6 Å². The molecule has 0 spiro atoms. The van der Waals surface area contributed by atoms with Gasteiger partial charge in [0.15, 0.2) is 4.34 Å². The fourth-order valence-electron chi connectivity index (χ4n) is 4.42. The number of anilines is 1. The molecule has 0 radical (unpaired) electrons. The lowest BCUT2D eigenvalue weighted by Gasteiger charge is -2.23. The van der Waals surface area contributed by atoms with Crippen LogP contribution in [0.1, 0.15) is 43.0 Å². The summed E-state index contributed by atoms with van der Waals surface area (Å²) in [6, 6.07) is 20.3. The summed E-state index contributed by atoms with van der Waals surface area (Å²) in [7, 11) is 0. The second kappa shape index (κ2) is 13.3. The van der Waals surface area contributed by atoms with Crippen LogP contribution in [0.2, 0.25) is 10.0 Å². The first-order chi connectivity index (χ1) is 20.2. The molecule has 1 atom stereocenters. The number of Topliss-reactive ketones (excluding diaryl/α,β-unsaturated/α-hetero) is 1. The Morgan fingerprint density at radius 3 is 2.57 bits per heavy atom. The van der Waals surface area contributed by atoms with Crippen molar-refractivity contribution in [3.8, 4) is 5.75 Å². The van der Waals surface area contributed by atoms with E-state index in [-0.39, 0.29) is 16.5 Å². The second-order valence-electron chi connectivity index (χ2n) is 10.0. The van der Waals surface area contributed by atoms with Gasteiger partial charge in [0.25, 0.3) is 5.78 Å². The second-order valence-corrected chi connectivity index (χ2v) is 13.0. The number of amides is 1. The van der Waals surface area contributed by atoms with E-state index in [0.29, 0.717) is 49.5 Å². The molecule has 5 rings (SSSR count). The van der Waals surface area contributed by atoms with Crippen LogP contribution in [0.3, 0.4) is 0 Å².